The van der Waals surface area contributed by atoms with Crippen LogP contribution in [0.3, 0.4) is 0 Å². The first kappa shape index (κ1) is 10.5. The van der Waals surface area contributed by atoms with Crippen LogP contribution in [-0.4, -0.2) is 4.57 Å². The molecular weight excluding hydrogens is 222 g/mol. The summed E-state index contributed by atoms with van der Waals surface area (Å²) in [5.41, 5.74) is 3.96. The van der Waals surface area contributed by atoms with Gasteiger partial charge < -0.3 is 0 Å². The molecule has 18 heavy (non-hydrogen) atoms. The summed E-state index contributed by atoms with van der Waals surface area (Å²) in [5.74, 6) is 0. The molecule has 0 saturated heterocycles. The number of para-hydroxylation sites is 1. The van der Waals surface area contributed by atoms with Crippen molar-refractivity contribution in [2.75, 3.05) is 0 Å². The lowest BCUT2D eigenvalue weighted by Gasteiger charge is -1.96. The second kappa shape index (κ2) is 4.01. The highest BCUT2D eigenvalue weighted by Gasteiger charge is 2.14. The molecule has 0 bridgehead atoms. The van der Waals surface area contributed by atoms with Crippen LogP contribution in [0.4, 0.5) is 5.69 Å². The summed E-state index contributed by atoms with van der Waals surface area (Å²) in [6.07, 6.45) is 2.04. The van der Waals surface area contributed by atoms with Crippen LogP contribution in [0.1, 0.15) is 0 Å². The number of aromatic nitrogens is 2. The number of imidazole rings is 1. The molecule has 3 aromatic rings. The fourth-order valence-corrected chi connectivity index (χ4v) is 2.16. The molecule has 1 aromatic heterocycles. The van der Waals surface area contributed by atoms with Gasteiger partial charge in [0.15, 0.2) is 16.7 Å². The van der Waals surface area contributed by atoms with Crippen molar-refractivity contribution in [2.45, 2.75) is 0 Å². The molecule has 0 aliphatic heterocycles. The smallest absolute Gasteiger partial charge is 0.238 e. The lowest BCUT2D eigenvalue weighted by molar-refractivity contribution is -0.645. The number of aryl methyl sites for hydroxylation is 1. The van der Waals surface area contributed by atoms with E-state index in [-0.39, 0.29) is 0 Å². The molecule has 0 radical (unpaired) electrons. The van der Waals surface area contributed by atoms with Gasteiger partial charge in [-0.25, -0.2) is 9.41 Å². The van der Waals surface area contributed by atoms with E-state index in [1.165, 1.54) is 0 Å². The first-order valence-electron chi connectivity index (χ1n) is 5.73. The topological polar surface area (TPSA) is 13.2 Å². The number of benzene rings is 2. The second-order valence-corrected chi connectivity index (χ2v) is 4.22. The van der Waals surface area contributed by atoms with Crippen molar-refractivity contribution >= 4 is 16.7 Å². The molecule has 0 spiro atoms. The summed E-state index contributed by atoms with van der Waals surface area (Å²) in [7, 11) is 2.00. The average molecular weight is 234 g/mol. The molecule has 0 amide bonds. The number of rotatable bonds is 1. The summed E-state index contributed by atoms with van der Waals surface area (Å²) in [6.45, 7) is 7.07. The van der Waals surface area contributed by atoms with Gasteiger partial charge in [-0.05, 0) is 24.3 Å². The summed E-state index contributed by atoms with van der Waals surface area (Å²) in [4.78, 5) is 3.47. The number of nitrogens with zero attached hydrogens (tertiary/aromatic N) is 3. The monoisotopic (exact) mass is 234 g/mol. The summed E-state index contributed by atoms with van der Waals surface area (Å²) >= 11 is 0. The Bertz CT molecular complexity index is 748. The lowest BCUT2D eigenvalue weighted by Crippen LogP contribution is -2.25. The minimum absolute atomic E-state index is 0.670. The third-order valence-corrected chi connectivity index (χ3v) is 3.05. The van der Waals surface area contributed by atoms with Crippen molar-refractivity contribution in [3.8, 4) is 5.69 Å². The molecule has 3 rings (SSSR count). The Hall–Kier alpha value is -2.60. The minimum atomic E-state index is 0.670. The van der Waals surface area contributed by atoms with Gasteiger partial charge in [-0.3, -0.25) is 0 Å². The van der Waals surface area contributed by atoms with E-state index in [4.69, 9.17) is 6.57 Å². The van der Waals surface area contributed by atoms with Crippen molar-refractivity contribution in [1.29, 1.82) is 0 Å². The zero-order valence-electron chi connectivity index (χ0n) is 10.0. The Morgan fingerprint density at radius 3 is 2.61 bits per heavy atom. The first-order valence-corrected chi connectivity index (χ1v) is 5.73. The number of hydrogen-bond donors (Lipinski definition) is 0. The van der Waals surface area contributed by atoms with Gasteiger partial charge in [0.05, 0.1) is 13.6 Å². The van der Waals surface area contributed by atoms with E-state index in [9.17, 15) is 0 Å². The molecule has 0 unspecified atom stereocenters. The molecule has 1 heterocycles. The van der Waals surface area contributed by atoms with Crippen LogP contribution < -0.4 is 4.57 Å². The Balaban J connectivity index is 2.30. The van der Waals surface area contributed by atoms with Crippen molar-refractivity contribution < 1.29 is 4.57 Å². The maximum Gasteiger partial charge on any atom is 0.249 e. The Kier molecular flexibility index (Phi) is 2.35. The minimum Gasteiger partial charge on any atom is -0.238 e. The van der Waals surface area contributed by atoms with Gasteiger partial charge in [0.2, 0.25) is 6.33 Å². The molecule has 0 aliphatic rings. The maximum atomic E-state index is 7.07. The SMILES string of the molecule is [C-]#[N+]c1ccc2c(c1)[n+](C)cn2-c1ccccc1. The van der Waals surface area contributed by atoms with Gasteiger partial charge in [-0.2, -0.15) is 4.57 Å². The van der Waals surface area contributed by atoms with E-state index in [1.54, 1.807) is 0 Å². The largest absolute Gasteiger partial charge is 0.249 e. The predicted molar refractivity (Wildman–Crippen MR) is 70.7 cm³/mol. The molecule has 0 fully saturated rings. The molecule has 3 heteroatoms. The van der Waals surface area contributed by atoms with Gasteiger partial charge in [-0.1, -0.05) is 24.3 Å². The van der Waals surface area contributed by atoms with Crippen LogP contribution >= 0.6 is 0 Å². The van der Waals surface area contributed by atoms with Crippen molar-refractivity contribution in [1.82, 2.24) is 4.57 Å². The molecule has 86 valence electrons. The molecule has 0 N–H and O–H groups in total. The second-order valence-electron chi connectivity index (χ2n) is 4.22. The van der Waals surface area contributed by atoms with Gasteiger partial charge in [0.25, 0.3) is 0 Å². The predicted octanol–water partition coefficient (Wildman–Crippen LogP) is 3.01. The van der Waals surface area contributed by atoms with E-state index in [2.05, 4.69) is 21.5 Å². The van der Waals surface area contributed by atoms with Gasteiger partial charge in [0, 0.05) is 0 Å². The van der Waals surface area contributed by atoms with Gasteiger partial charge in [-0.15, -0.1) is 0 Å². The Morgan fingerprint density at radius 1 is 1.11 bits per heavy atom. The van der Waals surface area contributed by atoms with E-state index in [1.807, 2.05) is 54.3 Å². The standard InChI is InChI=1S/C15H12N3/c1-16-12-8-9-14-15(10-12)17(2)11-18(14)13-6-4-3-5-7-13/h3-11H,2H3/q+1. The third kappa shape index (κ3) is 1.56. The number of fused-ring (bicyclic) bond motifs is 1. The van der Waals surface area contributed by atoms with Crippen molar-refractivity contribution in [3.05, 3.63) is 66.3 Å². The highest BCUT2D eigenvalue weighted by molar-refractivity contribution is 5.78. The molecule has 0 atom stereocenters. The lowest BCUT2D eigenvalue weighted by atomic mass is 10.2. The first-order chi connectivity index (χ1) is 8.79. The van der Waals surface area contributed by atoms with Gasteiger partial charge in [0.1, 0.15) is 5.69 Å². The van der Waals surface area contributed by atoms with E-state index >= 15 is 0 Å². The van der Waals surface area contributed by atoms with Crippen molar-refractivity contribution in [3.63, 3.8) is 0 Å². The van der Waals surface area contributed by atoms with Crippen LogP contribution in [0, 0.1) is 6.57 Å². The normalized spacial score (nSPS) is 10.4. The number of hydrogen-bond acceptors (Lipinski definition) is 0. The molecule has 0 aliphatic carbocycles. The fourth-order valence-electron chi connectivity index (χ4n) is 2.16. The van der Waals surface area contributed by atoms with E-state index < -0.39 is 0 Å². The van der Waals surface area contributed by atoms with Crippen molar-refractivity contribution in [2.24, 2.45) is 7.05 Å². The Morgan fingerprint density at radius 2 is 1.89 bits per heavy atom. The fraction of sp³-hybridized carbons (Fsp3) is 0.0667. The highest BCUT2D eigenvalue weighted by Crippen LogP contribution is 2.21. The molecule has 0 saturated carbocycles. The molecule has 2 aromatic carbocycles. The zero-order valence-corrected chi connectivity index (χ0v) is 10.0. The van der Waals surface area contributed by atoms with Crippen LogP contribution in [0.15, 0.2) is 54.9 Å². The van der Waals surface area contributed by atoms with Crippen LogP contribution in [0.2, 0.25) is 0 Å². The van der Waals surface area contributed by atoms with E-state index in [0.29, 0.717) is 5.69 Å². The summed E-state index contributed by atoms with van der Waals surface area (Å²) in [6, 6.07) is 16.0. The van der Waals surface area contributed by atoms with Crippen LogP contribution in [-0.2, 0) is 7.05 Å². The molecule has 3 nitrogen and oxygen atoms in total. The summed E-state index contributed by atoms with van der Waals surface area (Å²) < 4.78 is 4.17. The average Bonchev–Trinajstić information content (AvgIpc) is 2.77. The molecular formula is C15H12N3+. The van der Waals surface area contributed by atoms with E-state index in [0.717, 1.165) is 16.7 Å². The third-order valence-electron chi connectivity index (χ3n) is 3.05. The summed E-state index contributed by atoms with van der Waals surface area (Å²) in [5, 5.41) is 0. The van der Waals surface area contributed by atoms with Crippen LogP contribution in [0.25, 0.3) is 21.6 Å². The highest BCUT2D eigenvalue weighted by atomic mass is 15.1. The Labute approximate surface area is 105 Å². The zero-order chi connectivity index (χ0) is 12.5. The van der Waals surface area contributed by atoms with Crippen LogP contribution in [0.5, 0.6) is 0 Å². The van der Waals surface area contributed by atoms with Gasteiger partial charge >= 0.3 is 0 Å². The quantitative estimate of drug-likeness (QED) is 0.453. The maximum absolute atomic E-state index is 7.07.